The molecular formula is C26H28N2O3S. The van der Waals surface area contributed by atoms with Crippen molar-refractivity contribution >= 4 is 32.8 Å². The zero-order chi connectivity index (χ0) is 22.6. The predicted molar refractivity (Wildman–Crippen MR) is 129 cm³/mol. The molecule has 0 aliphatic carbocycles. The lowest BCUT2D eigenvalue weighted by Gasteiger charge is -2.32. The number of sulfonamides is 1. The Morgan fingerprint density at radius 2 is 1.81 bits per heavy atom. The van der Waals surface area contributed by atoms with E-state index in [2.05, 4.69) is 22.9 Å². The van der Waals surface area contributed by atoms with E-state index in [-0.39, 0.29) is 16.7 Å². The van der Waals surface area contributed by atoms with Crippen LogP contribution in [-0.2, 0) is 14.8 Å². The average Bonchev–Trinajstić information content (AvgIpc) is 2.82. The third-order valence-electron chi connectivity index (χ3n) is 5.95. The average molecular weight is 449 g/mol. The molecule has 1 aliphatic rings. The molecule has 4 rings (SSSR count). The Morgan fingerprint density at radius 1 is 1.06 bits per heavy atom. The summed E-state index contributed by atoms with van der Waals surface area (Å²) in [6.45, 7) is 3.49. The SMILES string of the molecule is Cc1ccc(S(=O)(=O)NCC2CCCN(C(=O)C=Cc3cccc4ccccc34)C2)cc1. The fourth-order valence-electron chi connectivity index (χ4n) is 4.12. The van der Waals surface area contributed by atoms with Gasteiger partial charge in [-0.1, -0.05) is 60.2 Å². The summed E-state index contributed by atoms with van der Waals surface area (Å²) in [6.07, 6.45) is 5.26. The van der Waals surface area contributed by atoms with Crippen molar-refractivity contribution in [2.24, 2.45) is 5.92 Å². The van der Waals surface area contributed by atoms with Crippen LogP contribution >= 0.6 is 0 Å². The molecule has 6 heteroatoms. The van der Waals surface area contributed by atoms with E-state index in [1.807, 2.05) is 42.2 Å². The summed E-state index contributed by atoms with van der Waals surface area (Å²) in [5.41, 5.74) is 2.03. The van der Waals surface area contributed by atoms with Crippen molar-refractivity contribution in [2.75, 3.05) is 19.6 Å². The van der Waals surface area contributed by atoms with Crippen molar-refractivity contribution in [3.05, 3.63) is 83.9 Å². The van der Waals surface area contributed by atoms with Crippen molar-refractivity contribution in [3.63, 3.8) is 0 Å². The van der Waals surface area contributed by atoms with Gasteiger partial charge in [-0.05, 0) is 60.2 Å². The quantitative estimate of drug-likeness (QED) is 0.569. The van der Waals surface area contributed by atoms with Crippen LogP contribution in [0.1, 0.15) is 24.0 Å². The number of nitrogens with one attached hydrogen (secondary N) is 1. The highest BCUT2D eigenvalue weighted by molar-refractivity contribution is 7.89. The van der Waals surface area contributed by atoms with Gasteiger partial charge < -0.3 is 4.90 Å². The Labute approximate surface area is 189 Å². The Hall–Kier alpha value is -2.96. The number of piperidine rings is 1. The normalized spacial score (nSPS) is 17.2. The van der Waals surface area contributed by atoms with Crippen LogP contribution in [0.5, 0.6) is 0 Å². The third-order valence-corrected chi connectivity index (χ3v) is 7.39. The Kier molecular flexibility index (Phi) is 6.72. The number of likely N-dealkylation sites (tertiary alicyclic amines) is 1. The first-order valence-corrected chi connectivity index (χ1v) is 12.4. The number of fused-ring (bicyclic) bond motifs is 1. The number of nitrogens with zero attached hydrogens (tertiary/aromatic N) is 1. The molecule has 0 radical (unpaired) electrons. The summed E-state index contributed by atoms with van der Waals surface area (Å²) in [7, 11) is -3.55. The number of hydrogen-bond donors (Lipinski definition) is 1. The van der Waals surface area contributed by atoms with Crippen molar-refractivity contribution in [3.8, 4) is 0 Å². The second-order valence-electron chi connectivity index (χ2n) is 8.36. The first-order valence-electron chi connectivity index (χ1n) is 10.9. The van der Waals surface area contributed by atoms with Crippen LogP contribution < -0.4 is 4.72 Å². The predicted octanol–water partition coefficient (Wildman–Crippen LogP) is 4.38. The topological polar surface area (TPSA) is 66.5 Å². The van der Waals surface area contributed by atoms with Gasteiger partial charge in [0.05, 0.1) is 4.90 Å². The molecule has 5 nitrogen and oxygen atoms in total. The van der Waals surface area contributed by atoms with Crippen LogP contribution in [0, 0.1) is 12.8 Å². The molecule has 1 heterocycles. The Morgan fingerprint density at radius 3 is 2.62 bits per heavy atom. The maximum atomic E-state index is 12.8. The minimum absolute atomic E-state index is 0.0379. The summed E-state index contributed by atoms with van der Waals surface area (Å²) in [5.74, 6) is 0.0582. The van der Waals surface area contributed by atoms with Gasteiger partial charge in [0.25, 0.3) is 0 Å². The summed E-state index contributed by atoms with van der Waals surface area (Å²) in [6, 6.07) is 21.0. The first-order chi connectivity index (χ1) is 15.4. The summed E-state index contributed by atoms with van der Waals surface area (Å²) < 4.78 is 27.8. The lowest BCUT2D eigenvalue weighted by atomic mass is 9.98. The van der Waals surface area contributed by atoms with Crippen LogP contribution in [0.25, 0.3) is 16.8 Å². The van der Waals surface area contributed by atoms with E-state index in [9.17, 15) is 13.2 Å². The zero-order valence-electron chi connectivity index (χ0n) is 18.2. The van der Waals surface area contributed by atoms with E-state index in [0.29, 0.717) is 19.6 Å². The van der Waals surface area contributed by atoms with Crippen molar-refractivity contribution in [1.29, 1.82) is 0 Å². The molecule has 1 atom stereocenters. The van der Waals surface area contributed by atoms with Crippen molar-refractivity contribution < 1.29 is 13.2 Å². The summed E-state index contributed by atoms with van der Waals surface area (Å²) in [5, 5.41) is 2.25. The van der Waals surface area contributed by atoms with Crippen molar-refractivity contribution in [2.45, 2.75) is 24.7 Å². The number of aryl methyl sites for hydroxylation is 1. The minimum atomic E-state index is -3.55. The van der Waals surface area contributed by atoms with Gasteiger partial charge in [0.1, 0.15) is 0 Å². The highest BCUT2D eigenvalue weighted by atomic mass is 32.2. The Balaban J connectivity index is 1.37. The number of benzene rings is 3. The second-order valence-corrected chi connectivity index (χ2v) is 10.1. The molecule has 1 amide bonds. The molecule has 0 bridgehead atoms. The van der Waals surface area contributed by atoms with Crippen LogP contribution in [0.3, 0.4) is 0 Å². The molecular weight excluding hydrogens is 420 g/mol. The fourth-order valence-corrected chi connectivity index (χ4v) is 5.24. The lowest BCUT2D eigenvalue weighted by Crippen LogP contribution is -2.43. The standard InChI is InChI=1S/C26H28N2O3S/c1-20-11-14-24(15-12-20)32(30,31)27-18-21-6-5-17-28(19-21)26(29)16-13-23-9-4-8-22-7-2-3-10-25(22)23/h2-4,7-16,21,27H,5-6,17-19H2,1H3. The number of carbonyl (C=O) groups is 1. The van der Waals surface area contributed by atoms with E-state index in [1.54, 1.807) is 30.3 Å². The number of amides is 1. The van der Waals surface area contributed by atoms with Gasteiger partial charge in [-0.2, -0.15) is 0 Å². The molecule has 0 spiro atoms. The monoisotopic (exact) mass is 448 g/mol. The number of hydrogen-bond acceptors (Lipinski definition) is 3. The van der Waals surface area contributed by atoms with Gasteiger partial charge in [0.15, 0.2) is 0 Å². The van der Waals surface area contributed by atoms with E-state index in [0.717, 1.165) is 34.7 Å². The maximum Gasteiger partial charge on any atom is 0.246 e. The molecule has 166 valence electrons. The van der Waals surface area contributed by atoms with Gasteiger partial charge in [-0.15, -0.1) is 0 Å². The van der Waals surface area contributed by atoms with Crippen LogP contribution in [0.4, 0.5) is 0 Å². The van der Waals surface area contributed by atoms with Gasteiger partial charge in [-0.25, -0.2) is 13.1 Å². The van der Waals surface area contributed by atoms with E-state index in [4.69, 9.17) is 0 Å². The Bertz CT molecular complexity index is 1230. The molecule has 32 heavy (non-hydrogen) atoms. The van der Waals surface area contributed by atoms with Gasteiger partial charge >= 0.3 is 0 Å². The van der Waals surface area contributed by atoms with Gasteiger partial charge in [0.2, 0.25) is 15.9 Å². The highest BCUT2D eigenvalue weighted by Crippen LogP contribution is 2.21. The highest BCUT2D eigenvalue weighted by Gasteiger charge is 2.24. The molecule has 1 fully saturated rings. The fraction of sp³-hybridized carbons (Fsp3) is 0.269. The molecule has 1 aliphatic heterocycles. The molecule has 0 aromatic heterocycles. The molecule has 0 saturated carbocycles. The van der Waals surface area contributed by atoms with E-state index < -0.39 is 10.0 Å². The second kappa shape index (κ2) is 9.67. The summed E-state index contributed by atoms with van der Waals surface area (Å²) >= 11 is 0. The number of carbonyl (C=O) groups excluding carboxylic acids is 1. The van der Waals surface area contributed by atoms with Gasteiger partial charge in [0, 0.05) is 25.7 Å². The molecule has 1 saturated heterocycles. The molecule has 3 aromatic rings. The van der Waals surface area contributed by atoms with Crippen LogP contribution in [-0.4, -0.2) is 38.9 Å². The molecule has 1 unspecified atom stereocenters. The number of rotatable bonds is 6. The van der Waals surface area contributed by atoms with E-state index >= 15 is 0 Å². The first kappa shape index (κ1) is 22.2. The van der Waals surface area contributed by atoms with Crippen LogP contribution in [0.2, 0.25) is 0 Å². The minimum Gasteiger partial charge on any atom is -0.339 e. The van der Waals surface area contributed by atoms with Gasteiger partial charge in [-0.3, -0.25) is 4.79 Å². The van der Waals surface area contributed by atoms with Crippen LogP contribution in [0.15, 0.2) is 77.7 Å². The molecule has 1 N–H and O–H groups in total. The third kappa shape index (κ3) is 5.26. The molecule has 3 aromatic carbocycles. The van der Waals surface area contributed by atoms with E-state index in [1.165, 1.54) is 0 Å². The summed E-state index contributed by atoms with van der Waals surface area (Å²) in [4.78, 5) is 14.9. The maximum absolute atomic E-state index is 12.8. The largest absolute Gasteiger partial charge is 0.339 e. The zero-order valence-corrected chi connectivity index (χ0v) is 19.0. The lowest BCUT2D eigenvalue weighted by molar-refractivity contribution is -0.127. The van der Waals surface area contributed by atoms with Crippen molar-refractivity contribution in [1.82, 2.24) is 9.62 Å². The smallest absolute Gasteiger partial charge is 0.246 e.